The van der Waals surface area contributed by atoms with Crippen LogP contribution in [0.15, 0.2) is 24.3 Å². The molecule has 0 bridgehead atoms. The highest BCUT2D eigenvalue weighted by Gasteiger charge is 2.10. The lowest BCUT2D eigenvalue weighted by Crippen LogP contribution is -2.28. The maximum absolute atomic E-state index is 12.0. The van der Waals surface area contributed by atoms with Gasteiger partial charge in [0.05, 0.1) is 0 Å². The van der Waals surface area contributed by atoms with Gasteiger partial charge in [0, 0.05) is 12.1 Å². The number of carbonyl (C=O) groups excluding carboxylic acids is 1. The van der Waals surface area contributed by atoms with E-state index in [1.54, 1.807) is 24.3 Å². The molecule has 0 atom stereocenters. The Hall–Kier alpha value is -2.04. The first kappa shape index (κ1) is 16.0. The van der Waals surface area contributed by atoms with Gasteiger partial charge in [0.25, 0.3) is 5.91 Å². The second kappa shape index (κ2) is 8.19. The number of carboxylic acid groups (broad SMARTS) is 1. The van der Waals surface area contributed by atoms with Crippen LogP contribution < -0.4 is 10.1 Å². The quantitative estimate of drug-likeness (QED) is 0.765. The van der Waals surface area contributed by atoms with Crippen molar-refractivity contribution in [1.29, 1.82) is 0 Å². The summed E-state index contributed by atoms with van der Waals surface area (Å²) in [6.45, 7) is 4.42. The zero-order valence-electron chi connectivity index (χ0n) is 11.9. The molecule has 1 rings (SSSR count). The molecule has 0 aliphatic rings. The van der Waals surface area contributed by atoms with Gasteiger partial charge in [-0.05, 0) is 24.1 Å². The third-order valence-corrected chi connectivity index (χ3v) is 3.16. The summed E-state index contributed by atoms with van der Waals surface area (Å²) >= 11 is 0. The van der Waals surface area contributed by atoms with Crippen LogP contribution in [0, 0.1) is 5.92 Å². The molecule has 1 aromatic carbocycles. The van der Waals surface area contributed by atoms with Crippen LogP contribution in [0.3, 0.4) is 0 Å². The molecule has 0 aromatic heterocycles. The summed E-state index contributed by atoms with van der Waals surface area (Å²) in [5.41, 5.74) is 0.471. The Morgan fingerprint density at radius 1 is 1.30 bits per heavy atom. The van der Waals surface area contributed by atoms with Gasteiger partial charge in [-0.25, -0.2) is 4.79 Å². The second-order valence-corrected chi connectivity index (χ2v) is 4.60. The average Bonchev–Trinajstić information content (AvgIpc) is 2.46. The fourth-order valence-electron chi connectivity index (χ4n) is 1.79. The van der Waals surface area contributed by atoms with Gasteiger partial charge in [-0.3, -0.25) is 4.79 Å². The van der Waals surface area contributed by atoms with E-state index >= 15 is 0 Å². The monoisotopic (exact) mass is 279 g/mol. The van der Waals surface area contributed by atoms with Gasteiger partial charge >= 0.3 is 5.97 Å². The van der Waals surface area contributed by atoms with Crippen LogP contribution in [-0.2, 0) is 4.79 Å². The average molecular weight is 279 g/mol. The van der Waals surface area contributed by atoms with E-state index in [-0.39, 0.29) is 5.91 Å². The number of hydrogen-bond acceptors (Lipinski definition) is 3. The van der Waals surface area contributed by atoms with Gasteiger partial charge in [-0.1, -0.05) is 32.8 Å². The number of amides is 1. The lowest BCUT2D eigenvalue weighted by Gasteiger charge is -2.13. The molecule has 2 N–H and O–H groups in total. The van der Waals surface area contributed by atoms with Gasteiger partial charge < -0.3 is 15.2 Å². The number of ether oxygens (including phenoxy) is 1. The Morgan fingerprint density at radius 2 is 2.00 bits per heavy atom. The van der Waals surface area contributed by atoms with E-state index in [1.165, 1.54) is 0 Å². The predicted molar refractivity (Wildman–Crippen MR) is 76.0 cm³/mol. The van der Waals surface area contributed by atoms with Crippen molar-refractivity contribution in [2.24, 2.45) is 5.92 Å². The first-order valence-corrected chi connectivity index (χ1v) is 6.79. The van der Waals surface area contributed by atoms with Crippen molar-refractivity contribution in [2.75, 3.05) is 13.2 Å². The molecule has 1 aromatic rings. The summed E-state index contributed by atoms with van der Waals surface area (Å²) < 4.78 is 5.05. The minimum Gasteiger partial charge on any atom is -0.482 e. The van der Waals surface area contributed by atoms with Crippen LogP contribution in [0.1, 0.15) is 37.0 Å². The molecular weight excluding hydrogens is 258 g/mol. The summed E-state index contributed by atoms with van der Waals surface area (Å²) in [5.74, 6) is -0.362. The van der Waals surface area contributed by atoms with Crippen molar-refractivity contribution in [2.45, 2.75) is 26.7 Å². The normalized spacial score (nSPS) is 10.3. The summed E-state index contributed by atoms with van der Waals surface area (Å²) in [6, 6.07) is 6.52. The van der Waals surface area contributed by atoms with E-state index in [9.17, 15) is 9.59 Å². The van der Waals surface area contributed by atoms with Crippen molar-refractivity contribution in [3.63, 3.8) is 0 Å². The van der Waals surface area contributed by atoms with E-state index in [0.29, 0.717) is 23.8 Å². The molecule has 5 nitrogen and oxygen atoms in total. The standard InChI is InChI=1S/C15H21NO4/c1-3-11(4-2)9-16-15(19)12-6-5-7-13(8-12)20-10-14(17)18/h5-8,11H,3-4,9-10H2,1-2H3,(H,16,19)(H,17,18). The third-order valence-electron chi connectivity index (χ3n) is 3.16. The molecule has 0 saturated heterocycles. The molecule has 0 saturated carbocycles. The lowest BCUT2D eigenvalue weighted by atomic mass is 10.0. The largest absolute Gasteiger partial charge is 0.482 e. The summed E-state index contributed by atoms with van der Waals surface area (Å²) in [7, 11) is 0. The molecule has 0 aliphatic carbocycles. The first-order valence-electron chi connectivity index (χ1n) is 6.79. The number of aliphatic carboxylic acids is 1. The minimum atomic E-state index is -1.05. The smallest absolute Gasteiger partial charge is 0.341 e. The van der Waals surface area contributed by atoms with Gasteiger partial charge in [0.15, 0.2) is 6.61 Å². The molecule has 5 heteroatoms. The van der Waals surface area contributed by atoms with E-state index < -0.39 is 12.6 Å². The van der Waals surface area contributed by atoms with Crippen LogP contribution in [0.4, 0.5) is 0 Å². The van der Waals surface area contributed by atoms with Crippen LogP contribution >= 0.6 is 0 Å². The van der Waals surface area contributed by atoms with Crippen LogP contribution in [0.25, 0.3) is 0 Å². The number of benzene rings is 1. The minimum absolute atomic E-state index is 0.169. The third kappa shape index (κ3) is 5.30. The molecule has 20 heavy (non-hydrogen) atoms. The molecule has 0 radical (unpaired) electrons. The van der Waals surface area contributed by atoms with Crippen molar-refractivity contribution in [3.8, 4) is 5.75 Å². The van der Waals surface area contributed by atoms with Gasteiger partial charge in [0.2, 0.25) is 0 Å². The molecule has 1 amide bonds. The number of rotatable bonds is 8. The Labute approximate surface area is 118 Å². The van der Waals surface area contributed by atoms with Gasteiger partial charge in [-0.2, -0.15) is 0 Å². The van der Waals surface area contributed by atoms with Crippen molar-refractivity contribution < 1.29 is 19.4 Å². The number of carbonyl (C=O) groups is 2. The van der Waals surface area contributed by atoms with Gasteiger partial charge in [-0.15, -0.1) is 0 Å². The summed E-state index contributed by atoms with van der Waals surface area (Å²) in [5, 5.41) is 11.4. The molecular formula is C15H21NO4. The predicted octanol–water partition coefficient (Wildman–Crippen LogP) is 2.32. The Kier molecular flexibility index (Phi) is 6.56. The van der Waals surface area contributed by atoms with Crippen molar-refractivity contribution in [3.05, 3.63) is 29.8 Å². The molecule has 0 heterocycles. The highest BCUT2D eigenvalue weighted by Crippen LogP contribution is 2.13. The van der Waals surface area contributed by atoms with Crippen molar-refractivity contribution >= 4 is 11.9 Å². The topological polar surface area (TPSA) is 75.6 Å². The van der Waals surface area contributed by atoms with E-state index in [4.69, 9.17) is 9.84 Å². The van der Waals surface area contributed by atoms with Crippen LogP contribution in [0.2, 0.25) is 0 Å². The molecule has 0 unspecified atom stereocenters. The molecule has 0 aliphatic heterocycles. The van der Waals surface area contributed by atoms with E-state index in [1.807, 2.05) is 0 Å². The van der Waals surface area contributed by atoms with Crippen LogP contribution in [0.5, 0.6) is 5.75 Å². The fraction of sp³-hybridized carbons (Fsp3) is 0.467. The maximum atomic E-state index is 12.0. The number of nitrogens with one attached hydrogen (secondary N) is 1. The zero-order valence-corrected chi connectivity index (χ0v) is 11.9. The number of hydrogen-bond donors (Lipinski definition) is 2. The molecule has 0 spiro atoms. The number of carboxylic acids is 1. The summed E-state index contributed by atoms with van der Waals surface area (Å²) in [4.78, 5) is 22.4. The second-order valence-electron chi connectivity index (χ2n) is 4.60. The van der Waals surface area contributed by atoms with Crippen molar-refractivity contribution in [1.82, 2.24) is 5.32 Å². The van der Waals surface area contributed by atoms with Crippen LogP contribution in [-0.4, -0.2) is 30.1 Å². The maximum Gasteiger partial charge on any atom is 0.341 e. The fourth-order valence-corrected chi connectivity index (χ4v) is 1.79. The highest BCUT2D eigenvalue weighted by atomic mass is 16.5. The van der Waals surface area contributed by atoms with E-state index in [2.05, 4.69) is 19.2 Å². The molecule has 0 fully saturated rings. The Bertz CT molecular complexity index is 455. The Morgan fingerprint density at radius 3 is 2.60 bits per heavy atom. The van der Waals surface area contributed by atoms with Gasteiger partial charge in [0.1, 0.15) is 5.75 Å². The Balaban J connectivity index is 2.59. The van der Waals surface area contributed by atoms with E-state index in [0.717, 1.165) is 12.8 Å². The first-order chi connectivity index (χ1) is 9.56. The molecule has 110 valence electrons. The summed E-state index contributed by atoms with van der Waals surface area (Å²) in [6.07, 6.45) is 2.05. The SMILES string of the molecule is CCC(CC)CNC(=O)c1cccc(OCC(=O)O)c1. The lowest BCUT2D eigenvalue weighted by molar-refractivity contribution is -0.139. The zero-order chi connectivity index (χ0) is 15.0. The highest BCUT2D eigenvalue weighted by molar-refractivity contribution is 5.94.